The zero-order valence-corrected chi connectivity index (χ0v) is 13.8. The number of amides is 1. The zero-order chi connectivity index (χ0) is 15.7. The Bertz CT molecular complexity index is 718. The number of hydrogen-bond acceptors (Lipinski definition) is 4. The standard InChI is InChI=1S/C14H15BrN4O2/c1-8-5-6-18(21)9(2)13(8)19(11(4)20)14-12(15)7-16-10(3)17-14/h5-7H,1-4H3. The second-order valence-corrected chi connectivity index (χ2v) is 5.56. The van der Waals surface area contributed by atoms with Crippen LogP contribution in [0, 0.1) is 26.0 Å². The van der Waals surface area contributed by atoms with Gasteiger partial charge in [-0.3, -0.25) is 9.69 Å². The summed E-state index contributed by atoms with van der Waals surface area (Å²) in [6, 6.07) is 1.67. The molecule has 0 aliphatic carbocycles. The average molecular weight is 351 g/mol. The smallest absolute Gasteiger partial charge is 0.229 e. The van der Waals surface area contributed by atoms with Crippen molar-refractivity contribution in [2.45, 2.75) is 27.7 Å². The van der Waals surface area contributed by atoms with Crippen molar-refractivity contribution in [3.63, 3.8) is 0 Å². The molecule has 0 saturated heterocycles. The van der Waals surface area contributed by atoms with Gasteiger partial charge in [-0.1, -0.05) is 0 Å². The molecule has 2 aromatic rings. The first-order valence-electron chi connectivity index (χ1n) is 6.32. The molecule has 6 nitrogen and oxygen atoms in total. The number of rotatable bonds is 2. The van der Waals surface area contributed by atoms with Crippen molar-refractivity contribution in [2.24, 2.45) is 0 Å². The molecule has 0 unspecified atom stereocenters. The SMILES string of the molecule is CC(=O)N(c1nc(C)ncc1Br)c1c(C)cc[n+]([O-])c1C. The zero-order valence-electron chi connectivity index (χ0n) is 12.2. The van der Waals surface area contributed by atoms with Crippen LogP contribution in [0.15, 0.2) is 22.9 Å². The summed E-state index contributed by atoms with van der Waals surface area (Å²) in [5.74, 6) is 0.735. The molecule has 0 aliphatic heterocycles. The highest BCUT2D eigenvalue weighted by Gasteiger charge is 2.26. The fraction of sp³-hybridized carbons (Fsp3) is 0.286. The van der Waals surface area contributed by atoms with Crippen molar-refractivity contribution >= 4 is 33.3 Å². The summed E-state index contributed by atoms with van der Waals surface area (Å²) in [6.45, 7) is 6.70. The lowest BCUT2D eigenvalue weighted by molar-refractivity contribution is -0.611. The Morgan fingerprint density at radius 1 is 1.38 bits per heavy atom. The maximum absolute atomic E-state index is 12.2. The first kappa shape index (κ1) is 15.4. The molecule has 0 atom stereocenters. The van der Waals surface area contributed by atoms with Gasteiger partial charge in [0.15, 0.2) is 12.0 Å². The first-order chi connectivity index (χ1) is 9.82. The lowest BCUT2D eigenvalue weighted by Gasteiger charge is -2.23. The molecule has 0 fully saturated rings. The Morgan fingerprint density at radius 2 is 2.05 bits per heavy atom. The van der Waals surface area contributed by atoms with Gasteiger partial charge in [0.25, 0.3) is 0 Å². The van der Waals surface area contributed by atoms with E-state index in [1.165, 1.54) is 18.0 Å². The second-order valence-electron chi connectivity index (χ2n) is 4.70. The van der Waals surface area contributed by atoms with Gasteiger partial charge < -0.3 is 5.21 Å². The quantitative estimate of drug-likeness (QED) is 0.616. The van der Waals surface area contributed by atoms with E-state index in [9.17, 15) is 10.0 Å². The second kappa shape index (κ2) is 5.77. The summed E-state index contributed by atoms with van der Waals surface area (Å²) in [5, 5.41) is 11.8. The van der Waals surface area contributed by atoms with Crippen LogP contribution in [0.2, 0.25) is 0 Å². The minimum absolute atomic E-state index is 0.230. The molecule has 0 spiro atoms. The number of anilines is 2. The van der Waals surface area contributed by atoms with Crippen LogP contribution < -0.4 is 9.63 Å². The Morgan fingerprint density at radius 3 is 2.67 bits per heavy atom. The van der Waals surface area contributed by atoms with Crippen molar-refractivity contribution in [1.29, 1.82) is 0 Å². The van der Waals surface area contributed by atoms with Crippen LogP contribution in [-0.2, 0) is 4.79 Å². The van der Waals surface area contributed by atoms with Crippen molar-refractivity contribution in [3.05, 3.63) is 45.2 Å². The van der Waals surface area contributed by atoms with Crippen molar-refractivity contribution < 1.29 is 9.52 Å². The fourth-order valence-electron chi connectivity index (χ4n) is 2.11. The third-order valence-electron chi connectivity index (χ3n) is 3.10. The van der Waals surface area contributed by atoms with E-state index >= 15 is 0 Å². The van der Waals surface area contributed by atoms with E-state index < -0.39 is 0 Å². The third-order valence-corrected chi connectivity index (χ3v) is 3.66. The van der Waals surface area contributed by atoms with Crippen LogP contribution >= 0.6 is 15.9 Å². The predicted octanol–water partition coefficient (Wildman–Crippen LogP) is 2.48. The van der Waals surface area contributed by atoms with Crippen LogP contribution in [0.5, 0.6) is 0 Å². The predicted molar refractivity (Wildman–Crippen MR) is 82.2 cm³/mol. The maximum Gasteiger partial charge on any atom is 0.229 e. The van der Waals surface area contributed by atoms with E-state index in [0.717, 1.165) is 10.3 Å². The van der Waals surface area contributed by atoms with Gasteiger partial charge in [0, 0.05) is 26.1 Å². The molecule has 0 bridgehead atoms. The molecule has 0 radical (unpaired) electrons. The van der Waals surface area contributed by atoms with Gasteiger partial charge in [0.1, 0.15) is 11.5 Å². The number of carbonyl (C=O) groups excluding carboxylic acids is 1. The Kier molecular flexibility index (Phi) is 4.22. The molecule has 0 N–H and O–H groups in total. The summed E-state index contributed by atoms with van der Waals surface area (Å²) in [7, 11) is 0. The molecule has 1 amide bonds. The van der Waals surface area contributed by atoms with Crippen LogP contribution in [0.4, 0.5) is 11.5 Å². The van der Waals surface area contributed by atoms with Crippen molar-refractivity contribution in [3.8, 4) is 0 Å². The summed E-state index contributed by atoms with van der Waals surface area (Å²) in [4.78, 5) is 22.0. The molecule has 2 heterocycles. The van der Waals surface area contributed by atoms with Crippen LogP contribution in [0.3, 0.4) is 0 Å². The number of hydrogen-bond donors (Lipinski definition) is 0. The van der Waals surface area contributed by atoms with E-state index in [-0.39, 0.29) is 5.91 Å². The van der Waals surface area contributed by atoms with Crippen LogP contribution in [0.1, 0.15) is 24.0 Å². The van der Waals surface area contributed by atoms with Gasteiger partial charge in [-0.15, -0.1) is 0 Å². The summed E-state index contributed by atoms with van der Waals surface area (Å²) in [6.07, 6.45) is 3.01. The molecule has 110 valence electrons. The van der Waals surface area contributed by atoms with E-state index in [1.54, 1.807) is 26.1 Å². The minimum atomic E-state index is -0.230. The van der Waals surface area contributed by atoms with E-state index in [2.05, 4.69) is 25.9 Å². The lowest BCUT2D eigenvalue weighted by atomic mass is 10.1. The number of halogens is 1. The van der Waals surface area contributed by atoms with Crippen LogP contribution in [0.25, 0.3) is 0 Å². The van der Waals surface area contributed by atoms with Gasteiger partial charge in [0.2, 0.25) is 11.6 Å². The third kappa shape index (κ3) is 2.87. The van der Waals surface area contributed by atoms with E-state index in [4.69, 9.17) is 0 Å². The summed E-state index contributed by atoms with van der Waals surface area (Å²) in [5.41, 5.74) is 1.80. The highest BCUT2D eigenvalue weighted by molar-refractivity contribution is 9.10. The number of aromatic nitrogens is 3. The average Bonchev–Trinajstić information content (AvgIpc) is 2.42. The van der Waals surface area contributed by atoms with Gasteiger partial charge in [-0.05, 0) is 35.3 Å². The van der Waals surface area contributed by atoms with Gasteiger partial charge in [-0.25, -0.2) is 9.97 Å². The summed E-state index contributed by atoms with van der Waals surface area (Å²) < 4.78 is 1.32. The van der Waals surface area contributed by atoms with Crippen molar-refractivity contribution in [2.75, 3.05) is 4.90 Å². The molecule has 7 heteroatoms. The maximum atomic E-state index is 12.2. The largest absolute Gasteiger partial charge is 0.618 e. The monoisotopic (exact) mass is 350 g/mol. The molecular weight excluding hydrogens is 336 g/mol. The first-order valence-corrected chi connectivity index (χ1v) is 7.11. The highest BCUT2D eigenvalue weighted by atomic mass is 79.9. The Hall–Kier alpha value is -2.02. The number of nitrogens with zero attached hydrogens (tertiary/aromatic N) is 4. The van der Waals surface area contributed by atoms with E-state index in [1.807, 2.05) is 6.92 Å². The van der Waals surface area contributed by atoms with Gasteiger partial charge in [-0.2, -0.15) is 4.73 Å². The number of carbonyl (C=O) groups is 1. The molecular formula is C14H15BrN4O2. The van der Waals surface area contributed by atoms with Gasteiger partial charge >= 0.3 is 0 Å². The summed E-state index contributed by atoms with van der Waals surface area (Å²) >= 11 is 3.36. The topological polar surface area (TPSA) is 73.0 Å². The van der Waals surface area contributed by atoms with Gasteiger partial charge in [0.05, 0.1) is 4.47 Å². The number of pyridine rings is 1. The Balaban J connectivity index is 2.74. The van der Waals surface area contributed by atoms with E-state index in [0.29, 0.717) is 27.5 Å². The highest BCUT2D eigenvalue weighted by Crippen LogP contribution is 2.33. The normalized spacial score (nSPS) is 10.5. The molecule has 2 aromatic heterocycles. The Labute approximate surface area is 131 Å². The van der Waals surface area contributed by atoms with Crippen molar-refractivity contribution in [1.82, 2.24) is 9.97 Å². The number of aryl methyl sites for hydroxylation is 2. The molecule has 2 rings (SSSR count). The lowest BCUT2D eigenvalue weighted by Crippen LogP contribution is -2.35. The minimum Gasteiger partial charge on any atom is -0.618 e. The molecule has 0 aliphatic rings. The van der Waals surface area contributed by atoms with Crippen LogP contribution in [-0.4, -0.2) is 15.9 Å². The molecule has 0 aromatic carbocycles. The molecule has 0 saturated carbocycles. The fourth-order valence-corrected chi connectivity index (χ4v) is 2.48. The molecule has 21 heavy (non-hydrogen) atoms.